The number of carbonyl (C=O) groups is 1. The van der Waals surface area contributed by atoms with Crippen LogP contribution in [0.25, 0.3) is 0 Å². The summed E-state index contributed by atoms with van der Waals surface area (Å²) in [6.45, 7) is 7.25. The van der Waals surface area contributed by atoms with Gasteiger partial charge in [0.2, 0.25) is 5.95 Å². The minimum Gasteiger partial charge on any atom is -0.494 e. The Balaban J connectivity index is 1.63. The van der Waals surface area contributed by atoms with E-state index in [2.05, 4.69) is 25.9 Å². The molecule has 29 heavy (non-hydrogen) atoms. The van der Waals surface area contributed by atoms with Crippen LogP contribution in [-0.4, -0.2) is 29.0 Å². The number of aromatic nitrogens is 2. The first-order valence-corrected chi connectivity index (χ1v) is 9.58. The first kappa shape index (κ1) is 20.1. The van der Waals surface area contributed by atoms with Gasteiger partial charge in [0.05, 0.1) is 6.61 Å². The van der Waals surface area contributed by atoms with Gasteiger partial charge in [0.15, 0.2) is 0 Å². The maximum atomic E-state index is 12.4. The summed E-state index contributed by atoms with van der Waals surface area (Å²) >= 11 is 0. The molecule has 1 heterocycles. The van der Waals surface area contributed by atoms with E-state index >= 15 is 0 Å². The highest BCUT2D eigenvalue weighted by Gasteiger charge is 2.07. The van der Waals surface area contributed by atoms with Crippen LogP contribution in [0, 0.1) is 6.92 Å². The van der Waals surface area contributed by atoms with Gasteiger partial charge in [-0.25, -0.2) is 4.98 Å². The molecular weight excluding hydrogens is 366 g/mol. The molecule has 0 bridgehead atoms. The van der Waals surface area contributed by atoms with Crippen molar-refractivity contribution in [2.45, 2.75) is 20.8 Å². The number of amides is 1. The lowest BCUT2D eigenvalue weighted by Gasteiger charge is -2.10. The minimum atomic E-state index is -0.175. The summed E-state index contributed by atoms with van der Waals surface area (Å²) in [6.07, 6.45) is 0. The maximum absolute atomic E-state index is 12.4. The smallest absolute Gasteiger partial charge is 0.255 e. The normalized spacial score (nSPS) is 10.3. The van der Waals surface area contributed by atoms with Gasteiger partial charge in [-0.15, -0.1) is 0 Å². The Morgan fingerprint density at radius 1 is 0.966 bits per heavy atom. The van der Waals surface area contributed by atoms with E-state index in [1.165, 1.54) is 0 Å². The van der Waals surface area contributed by atoms with Gasteiger partial charge in [-0.3, -0.25) is 4.79 Å². The largest absolute Gasteiger partial charge is 0.494 e. The van der Waals surface area contributed by atoms with Gasteiger partial charge in [0.1, 0.15) is 11.6 Å². The van der Waals surface area contributed by atoms with E-state index in [1.54, 1.807) is 24.3 Å². The minimum absolute atomic E-state index is 0.175. The lowest BCUT2D eigenvalue weighted by molar-refractivity contribution is 0.102. The number of nitrogens with one attached hydrogen (secondary N) is 3. The second-order valence-corrected chi connectivity index (χ2v) is 6.36. The van der Waals surface area contributed by atoms with Gasteiger partial charge >= 0.3 is 0 Å². The predicted molar refractivity (Wildman–Crippen MR) is 116 cm³/mol. The zero-order valence-electron chi connectivity index (χ0n) is 16.8. The van der Waals surface area contributed by atoms with Crippen molar-refractivity contribution in [3.8, 4) is 5.75 Å². The lowest BCUT2D eigenvalue weighted by Crippen LogP contribution is -2.11. The molecule has 0 aliphatic heterocycles. The highest BCUT2D eigenvalue weighted by Crippen LogP contribution is 2.19. The molecule has 0 aliphatic rings. The Labute approximate surface area is 170 Å². The van der Waals surface area contributed by atoms with E-state index in [9.17, 15) is 4.79 Å². The molecule has 0 radical (unpaired) electrons. The molecule has 2 aromatic carbocycles. The SMILES string of the molecule is CCNc1cc(C)nc(Nc2ccc(NC(=O)c3ccc(OCC)cc3)cc2)n1. The molecule has 3 rings (SSSR count). The Bertz CT molecular complexity index is 956. The summed E-state index contributed by atoms with van der Waals surface area (Å²) in [4.78, 5) is 21.2. The Morgan fingerprint density at radius 2 is 1.66 bits per heavy atom. The fourth-order valence-corrected chi connectivity index (χ4v) is 2.73. The number of carbonyl (C=O) groups excluding carboxylic acids is 1. The third kappa shape index (κ3) is 5.68. The second-order valence-electron chi connectivity index (χ2n) is 6.36. The first-order chi connectivity index (χ1) is 14.1. The predicted octanol–water partition coefficient (Wildman–Crippen LogP) is 4.61. The van der Waals surface area contributed by atoms with Gasteiger partial charge in [0.25, 0.3) is 5.91 Å². The van der Waals surface area contributed by atoms with Crippen molar-refractivity contribution in [2.75, 3.05) is 29.1 Å². The standard InChI is InChI=1S/C22H25N5O2/c1-4-23-20-14-15(3)24-22(27-20)26-18-10-8-17(9-11-18)25-21(28)16-6-12-19(13-7-16)29-5-2/h6-14H,4-5H2,1-3H3,(H,25,28)(H2,23,24,26,27). The van der Waals surface area contributed by atoms with Crippen LogP contribution in [0.15, 0.2) is 54.6 Å². The van der Waals surface area contributed by atoms with E-state index in [0.717, 1.165) is 29.5 Å². The van der Waals surface area contributed by atoms with E-state index in [4.69, 9.17) is 4.74 Å². The number of rotatable bonds is 8. The van der Waals surface area contributed by atoms with Crippen LogP contribution in [0.3, 0.4) is 0 Å². The molecule has 1 amide bonds. The van der Waals surface area contributed by atoms with Crippen LogP contribution in [0.4, 0.5) is 23.1 Å². The van der Waals surface area contributed by atoms with E-state index in [-0.39, 0.29) is 5.91 Å². The first-order valence-electron chi connectivity index (χ1n) is 9.58. The number of anilines is 4. The zero-order chi connectivity index (χ0) is 20.6. The monoisotopic (exact) mass is 391 g/mol. The molecule has 0 aliphatic carbocycles. The Morgan fingerprint density at radius 3 is 2.31 bits per heavy atom. The molecule has 0 unspecified atom stereocenters. The zero-order valence-corrected chi connectivity index (χ0v) is 16.8. The van der Waals surface area contributed by atoms with Gasteiger partial charge in [-0.05, 0) is 69.3 Å². The summed E-state index contributed by atoms with van der Waals surface area (Å²) in [5.74, 6) is 1.87. The Kier molecular flexibility index (Phi) is 6.63. The number of nitrogens with zero attached hydrogens (tertiary/aromatic N) is 2. The van der Waals surface area contributed by atoms with E-state index < -0.39 is 0 Å². The fourth-order valence-electron chi connectivity index (χ4n) is 2.73. The van der Waals surface area contributed by atoms with Crippen molar-refractivity contribution in [3.63, 3.8) is 0 Å². The average molecular weight is 391 g/mol. The van der Waals surface area contributed by atoms with Crippen molar-refractivity contribution < 1.29 is 9.53 Å². The molecule has 0 spiro atoms. The van der Waals surface area contributed by atoms with Crippen LogP contribution in [-0.2, 0) is 0 Å². The highest BCUT2D eigenvalue weighted by molar-refractivity contribution is 6.04. The van der Waals surface area contributed by atoms with Crippen molar-refractivity contribution in [2.24, 2.45) is 0 Å². The van der Waals surface area contributed by atoms with Crippen LogP contribution >= 0.6 is 0 Å². The fraction of sp³-hybridized carbons (Fsp3) is 0.227. The molecule has 0 saturated heterocycles. The highest BCUT2D eigenvalue weighted by atomic mass is 16.5. The Hall–Kier alpha value is -3.61. The maximum Gasteiger partial charge on any atom is 0.255 e. The molecule has 3 N–H and O–H groups in total. The van der Waals surface area contributed by atoms with Gasteiger partial charge in [-0.2, -0.15) is 4.98 Å². The summed E-state index contributed by atoms with van der Waals surface area (Å²) in [5.41, 5.74) is 2.97. The summed E-state index contributed by atoms with van der Waals surface area (Å²) in [6, 6.07) is 16.4. The molecular formula is C22H25N5O2. The molecule has 3 aromatic rings. The summed E-state index contributed by atoms with van der Waals surface area (Å²) in [7, 11) is 0. The summed E-state index contributed by atoms with van der Waals surface area (Å²) < 4.78 is 5.40. The number of hydrogen-bond acceptors (Lipinski definition) is 6. The third-order valence-electron chi connectivity index (χ3n) is 4.04. The van der Waals surface area contributed by atoms with Crippen LogP contribution < -0.4 is 20.7 Å². The number of aryl methyl sites for hydroxylation is 1. The number of ether oxygens (including phenoxy) is 1. The van der Waals surface area contributed by atoms with E-state index in [0.29, 0.717) is 23.8 Å². The average Bonchev–Trinajstić information content (AvgIpc) is 2.70. The topological polar surface area (TPSA) is 88.2 Å². The third-order valence-corrected chi connectivity index (χ3v) is 4.04. The summed E-state index contributed by atoms with van der Waals surface area (Å²) in [5, 5.41) is 9.26. The lowest BCUT2D eigenvalue weighted by atomic mass is 10.2. The van der Waals surface area contributed by atoms with Crippen molar-refractivity contribution in [3.05, 3.63) is 65.9 Å². The number of benzene rings is 2. The second kappa shape index (κ2) is 9.54. The van der Waals surface area contributed by atoms with Gasteiger partial charge in [0, 0.05) is 35.2 Å². The molecule has 0 atom stereocenters. The quantitative estimate of drug-likeness (QED) is 0.520. The number of hydrogen-bond donors (Lipinski definition) is 3. The van der Waals surface area contributed by atoms with Crippen molar-refractivity contribution in [1.82, 2.24) is 9.97 Å². The van der Waals surface area contributed by atoms with Crippen LogP contribution in [0.2, 0.25) is 0 Å². The van der Waals surface area contributed by atoms with Crippen LogP contribution in [0.5, 0.6) is 5.75 Å². The van der Waals surface area contributed by atoms with Crippen molar-refractivity contribution >= 4 is 29.0 Å². The molecule has 7 heteroatoms. The van der Waals surface area contributed by atoms with E-state index in [1.807, 2.05) is 51.1 Å². The van der Waals surface area contributed by atoms with Crippen molar-refractivity contribution in [1.29, 1.82) is 0 Å². The molecule has 7 nitrogen and oxygen atoms in total. The molecule has 0 fully saturated rings. The molecule has 0 saturated carbocycles. The molecule has 1 aromatic heterocycles. The van der Waals surface area contributed by atoms with Gasteiger partial charge < -0.3 is 20.7 Å². The van der Waals surface area contributed by atoms with Crippen LogP contribution in [0.1, 0.15) is 29.9 Å². The van der Waals surface area contributed by atoms with Gasteiger partial charge in [-0.1, -0.05) is 0 Å². The molecule has 150 valence electrons.